The van der Waals surface area contributed by atoms with Gasteiger partial charge >= 0.3 is 0 Å². The molecule has 21 heavy (non-hydrogen) atoms. The Morgan fingerprint density at radius 2 is 2.05 bits per heavy atom. The number of nitro benzene ring substituents is 1. The second-order valence-electron chi connectivity index (χ2n) is 4.50. The smallest absolute Gasteiger partial charge is 0.273 e. The van der Waals surface area contributed by atoms with E-state index in [4.69, 9.17) is 27.9 Å². The van der Waals surface area contributed by atoms with Crippen LogP contribution in [0.3, 0.4) is 0 Å². The Labute approximate surface area is 132 Å². The lowest BCUT2D eigenvalue weighted by atomic mass is 10.0. The number of hydrogen-bond donors (Lipinski definition) is 1. The van der Waals surface area contributed by atoms with Crippen molar-refractivity contribution in [3.8, 4) is 5.75 Å². The van der Waals surface area contributed by atoms with E-state index < -0.39 is 16.4 Å². The highest BCUT2D eigenvalue weighted by atomic mass is 35.5. The number of amides is 1. The maximum Gasteiger partial charge on any atom is 0.273 e. The first kappa shape index (κ1) is 17.5. The van der Waals surface area contributed by atoms with Crippen LogP contribution in [0.2, 0.25) is 0 Å². The molecule has 0 fully saturated rings. The molecule has 6 nitrogen and oxygen atoms in total. The molecule has 0 aromatic heterocycles. The third kappa shape index (κ3) is 3.98. The van der Waals surface area contributed by atoms with Gasteiger partial charge in [-0.15, -0.1) is 23.2 Å². The number of methoxy groups -OCH3 is 1. The van der Waals surface area contributed by atoms with Gasteiger partial charge in [-0.25, -0.2) is 0 Å². The van der Waals surface area contributed by atoms with Crippen LogP contribution in [0, 0.1) is 10.1 Å². The van der Waals surface area contributed by atoms with E-state index in [1.165, 1.54) is 25.3 Å². The summed E-state index contributed by atoms with van der Waals surface area (Å²) >= 11 is 11.8. The number of nitrogens with zero attached hydrogens (tertiary/aromatic N) is 1. The number of carbonyl (C=O) groups excluding carboxylic acids is 1. The SMILES string of the molecule is CCC(CCl)(CCl)NC(=O)c1ccc([N+](=O)[O-])cc1OC. The summed E-state index contributed by atoms with van der Waals surface area (Å²) in [5, 5.41) is 13.5. The van der Waals surface area contributed by atoms with Gasteiger partial charge in [-0.05, 0) is 12.5 Å². The highest BCUT2D eigenvalue weighted by molar-refractivity contribution is 6.22. The predicted molar refractivity (Wildman–Crippen MR) is 81.6 cm³/mol. The quantitative estimate of drug-likeness (QED) is 0.472. The van der Waals surface area contributed by atoms with E-state index in [0.717, 1.165) is 0 Å². The molecule has 0 saturated heterocycles. The number of benzene rings is 1. The van der Waals surface area contributed by atoms with Gasteiger partial charge in [0.25, 0.3) is 11.6 Å². The summed E-state index contributed by atoms with van der Waals surface area (Å²) in [6, 6.07) is 3.78. The Morgan fingerprint density at radius 3 is 2.48 bits per heavy atom. The lowest BCUT2D eigenvalue weighted by Crippen LogP contribution is -2.51. The molecule has 1 aromatic carbocycles. The van der Waals surface area contributed by atoms with Gasteiger partial charge in [-0.1, -0.05) is 6.92 Å². The van der Waals surface area contributed by atoms with Crippen LogP contribution >= 0.6 is 23.2 Å². The number of nitrogens with one attached hydrogen (secondary N) is 1. The lowest BCUT2D eigenvalue weighted by Gasteiger charge is -2.29. The molecule has 0 spiro atoms. The number of alkyl halides is 2. The molecule has 0 aliphatic rings. The summed E-state index contributed by atoms with van der Waals surface area (Å²) in [4.78, 5) is 22.5. The lowest BCUT2D eigenvalue weighted by molar-refractivity contribution is -0.384. The normalized spacial score (nSPS) is 11.0. The molecule has 1 aromatic rings. The molecule has 0 bridgehead atoms. The minimum Gasteiger partial charge on any atom is -0.496 e. The first-order valence-electron chi connectivity index (χ1n) is 6.20. The van der Waals surface area contributed by atoms with E-state index in [-0.39, 0.29) is 28.8 Å². The Bertz CT molecular complexity index is 525. The van der Waals surface area contributed by atoms with Crippen LogP contribution in [0.1, 0.15) is 23.7 Å². The molecule has 0 atom stereocenters. The summed E-state index contributed by atoms with van der Waals surface area (Å²) in [6.45, 7) is 1.86. The van der Waals surface area contributed by atoms with Crippen molar-refractivity contribution in [2.24, 2.45) is 0 Å². The molecule has 0 heterocycles. The Morgan fingerprint density at radius 1 is 1.43 bits per heavy atom. The summed E-state index contributed by atoms with van der Waals surface area (Å²) in [5.41, 5.74) is -0.691. The third-order valence-corrected chi connectivity index (χ3v) is 4.23. The minimum absolute atomic E-state index is 0.121. The van der Waals surface area contributed by atoms with E-state index in [1.807, 2.05) is 6.92 Å². The molecule has 0 aliphatic heterocycles. The first-order valence-corrected chi connectivity index (χ1v) is 7.26. The second-order valence-corrected chi connectivity index (χ2v) is 5.03. The van der Waals surface area contributed by atoms with Crippen molar-refractivity contribution in [2.45, 2.75) is 18.9 Å². The molecule has 0 aliphatic carbocycles. The molecular formula is C13H16Cl2N2O4. The Kier molecular flexibility index (Phi) is 6.23. The van der Waals surface area contributed by atoms with E-state index in [2.05, 4.69) is 5.32 Å². The van der Waals surface area contributed by atoms with Crippen LogP contribution in [0.5, 0.6) is 5.75 Å². The molecule has 8 heteroatoms. The highest BCUT2D eigenvalue weighted by Crippen LogP contribution is 2.25. The van der Waals surface area contributed by atoms with E-state index in [9.17, 15) is 14.9 Å². The van der Waals surface area contributed by atoms with Crippen molar-refractivity contribution in [1.82, 2.24) is 5.32 Å². The van der Waals surface area contributed by atoms with E-state index in [1.54, 1.807) is 0 Å². The van der Waals surface area contributed by atoms with Gasteiger partial charge < -0.3 is 10.1 Å². The average molecular weight is 335 g/mol. The zero-order valence-electron chi connectivity index (χ0n) is 11.7. The minimum atomic E-state index is -0.729. The van der Waals surface area contributed by atoms with Crippen LogP contribution in [0.4, 0.5) is 5.69 Å². The zero-order valence-corrected chi connectivity index (χ0v) is 13.2. The predicted octanol–water partition coefficient (Wildman–Crippen LogP) is 2.96. The van der Waals surface area contributed by atoms with Gasteiger partial charge in [0, 0.05) is 17.8 Å². The standard InChI is InChI=1S/C13H16Cl2N2O4/c1-3-13(7-14,8-15)16-12(18)10-5-4-9(17(19)20)6-11(10)21-2/h4-6H,3,7-8H2,1-2H3,(H,16,18). The maximum absolute atomic E-state index is 12.3. The molecular weight excluding hydrogens is 319 g/mol. The van der Waals surface area contributed by atoms with Crippen LogP contribution in [-0.2, 0) is 0 Å². The largest absolute Gasteiger partial charge is 0.496 e. The third-order valence-electron chi connectivity index (χ3n) is 3.21. The summed E-state index contributed by atoms with van der Waals surface area (Å²) in [7, 11) is 1.34. The fourth-order valence-corrected chi connectivity index (χ4v) is 2.47. The van der Waals surface area contributed by atoms with Crippen molar-refractivity contribution >= 4 is 34.8 Å². The van der Waals surface area contributed by atoms with Gasteiger partial charge in [0.1, 0.15) is 5.75 Å². The second kappa shape index (κ2) is 7.47. The van der Waals surface area contributed by atoms with Crippen LogP contribution in [-0.4, -0.2) is 35.2 Å². The molecule has 116 valence electrons. The molecule has 0 radical (unpaired) electrons. The van der Waals surface area contributed by atoms with Crippen LogP contribution in [0.25, 0.3) is 0 Å². The average Bonchev–Trinajstić information content (AvgIpc) is 2.51. The topological polar surface area (TPSA) is 81.5 Å². The molecule has 0 saturated carbocycles. The first-order chi connectivity index (χ1) is 9.92. The van der Waals surface area contributed by atoms with Crippen molar-refractivity contribution in [3.05, 3.63) is 33.9 Å². The van der Waals surface area contributed by atoms with Crippen molar-refractivity contribution in [2.75, 3.05) is 18.9 Å². The van der Waals surface area contributed by atoms with Gasteiger partial charge in [0.05, 0.1) is 29.2 Å². The van der Waals surface area contributed by atoms with Crippen molar-refractivity contribution in [1.29, 1.82) is 0 Å². The molecule has 1 rings (SSSR count). The van der Waals surface area contributed by atoms with Gasteiger partial charge in [-0.3, -0.25) is 14.9 Å². The fraction of sp³-hybridized carbons (Fsp3) is 0.462. The van der Waals surface area contributed by atoms with Crippen molar-refractivity contribution < 1.29 is 14.5 Å². The molecule has 1 amide bonds. The van der Waals surface area contributed by atoms with Crippen LogP contribution in [0.15, 0.2) is 18.2 Å². The summed E-state index contributed by atoms with van der Waals surface area (Å²) in [6.07, 6.45) is 0.557. The number of carbonyl (C=O) groups is 1. The molecule has 1 N–H and O–H groups in total. The van der Waals surface area contributed by atoms with Crippen LogP contribution < -0.4 is 10.1 Å². The van der Waals surface area contributed by atoms with E-state index in [0.29, 0.717) is 6.42 Å². The number of non-ortho nitro benzene ring substituents is 1. The zero-order chi connectivity index (χ0) is 16.0. The number of ether oxygens (including phenoxy) is 1. The van der Waals surface area contributed by atoms with E-state index >= 15 is 0 Å². The highest BCUT2D eigenvalue weighted by Gasteiger charge is 2.30. The summed E-state index contributed by atoms with van der Waals surface area (Å²) in [5.74, 6) is 0.00275. The van der Waals surface area contributed by atoms with Crippen molar-refractivity contribution in [3.63, 3.8) is 0 Å². The molecule has 0 unspecified atom stereocenters. The van der Waals surface area contributed by atoms with Gasteiger partial charge in [-0.2, -0.15) is 0 Å². The number of halogens is 2. The Hall–Kier alpha value is -1.53. The fourth-order valence-electron chi connectivity index (χ4n) is 1.67. The monoisotopic (exact) mass is 334 g/mol. The maximum atomic E-state index is 12.3. The Balaban J connectivity index is 3.10. The van der Waals surface area contributed by atoms with Gasteiger partial charge in [0.15, 0.2) is 0 Å². The summed E-state index contributed by atoms with van der Waals surface area (Å²) < 4.78 is 5.04. The number of hydrogen-bond acceptors (Lipinski definition) is 4. The van der Waals surface area contributed by atoms with Gasteiger partial charge in [0.2, 0.25) is 0 Å². The number of rotatable bonds is 7. The number of nitro groups is 1.